The lowest BCUT2D eigenvalue weighted by Gasteiger charge is -2.41. The molecule has 30 heavy (non-hydrogen) atoms. The van der Waals surface area contributed by atoms with E-state index in [-0.39, 0.29) is 18.1 Å². The Morgan fingerprint density at radius 1 is 0.967 bits per heavy atom. The second kappa shape index (κ2) is 7.67. The summed E-state index contributed by atoms with van der Waals surface area (Å²) in [6, 6.07) is 18.8. The minimum atomic E-state index is -0.753. The van der Waals surface area contributed by atoms with Gasteiger partial charge in [0.25, 0.3) is 5.91 Å². The van der Waals surface area contributed by atoms with Crippen LogP contribution < -0.4 is 10.1 Å². The molecule has 0 radical (unpaired) electrons. The van der Waals surface area contributed by atoms with Gasteiger partial charge in [-0.2, -0.15) is 0 Å². The molecule has 2 aromatic rings. The highest BCUT2D eigenvalue weighted by atomic mass is 16.8. The Hall–Kier alpha value is -2.45. The number of ether oxygens (including phenoxy) is 5. The molecule has 3 aliphatic rings. The van der Waals surface area contributed by atoms with Gasteiger partial charge >= 0.3 is 0 Å². The van der Waals surface area contributed by atoms with Crippen LogP contribution in [0.5, 0.6) is 5.75 Å². The number of nitrogens with one attached hydrogen (secondary N) is 1. The highest BCUT2D eigenvalue weighted by Crippen LogP contribution is 2.41. The van der Waals surface area contributed by atoms with Gasteiger partial charge in [0.2, 0.25) is 0 Å². The maximum Gasteiger partial charge on any atom is 0.263 e. The number of β-lactam (4-membered cyclic amide) rings is 1. The van der Waals surface area contributed by atoms with Crippen LogP contribution in [0.3, 0.4) is 0 Å². The van der Waals surface area contributed by atoms with Crippen molar-refractivity contribution in [1.29, 1.82) is 0 Å². The molecule has 0 saturated carbocycles. The maximum atomic E-state index is 12.2. The van der Waals surface area contributed by atoms with Gasteiger partial charge in [0.05, 0.1) is 6.61 Å². The van der Waals surface area contributed by atoms with Crippen molar-refractivity contribution in [2.45, 2.75) is 63.0 Å². The predicted octanol–water partition coefficient (Wildman–Crippen LogP) is 2.39. The zero-order valence-corrected chi connectivity index (χ0v) is 16.9. The van der Waals surface area contributed by atoms with Crippen molar-refractivity contribution in [3.63, 3.8) is 0 Å². The first-order valence-corrected chi connectivity index (χ1v) is 10.2. The van der Waals surface area contributed by atoms with Crippen molar-refractivity contribution in [2.24, 2.45) is 0 Å². The number of carbonyl (C=O) groups excluding carboxylic acids is 1. The number of rotatable bonds is 6. The Morgan fingerprint density at radius 3 is 2.37 bits per heavy atom. The van der Waals surface area contributed by atoms with E-state index in [2.05, 4.69) is 5.32 Å². The van der Waals surface area contributed by atoms with E-state index in [1.54, 1.807) is 0 Å². The fourth-order valence-corrected chi connectivity index (χ4v) is 4.17. The number of para-hydroxylation sites is 1. The van der Waals surface area contributed by atoms with Crippen molar-refractivity contribution in [2.75, 3.05) is 0 Å². The molecule has 7 heteroatoms. The van der Waals surface area contributed by atoms with E-state index < -0.39 is 30.4 Å². The molecule has 3 saturated heterocycles. The standard InChI is InChI=1S/C23H25NO6/c1-23(2)29-20-19(26-13-14-9-5-3-6-10-14)17(28-22(20)30-23)16-18(21(25)24-16)27-15-11-7-4-8-12-15/h3-12,16-20,22H,13H2,1-2H3,(H,24,25)/t16-,17+,18+,19-,20+,22-/m0/s1. The average molecular weight is 411 g/mol. The predicted molar refractivity (Wildman–Crippen MR) is 107 cm³/mol. The van der Waals surface area contributed by atoms with Gasteiger partial charge in [0.15, 0.2) is 18.2 Å². The van der Waals surface area contributed by atoms with E-state index in [0.717, 1.165) is 5.56 Å². The molecule has 0 aliphatic carbocycles. The lowest BCUT2D eigenvalue weighted by atomic mass is 9.92. The molecule has 158 valence electrons. The second-order valence-electron chi connectivity index (χ2n) is 8.22. The Kier molecular flexibility index (Phi) is 4.99. The summed E-state index contributed by atoms with van der Waals surface area (Å²) in [5.41, 5.74) is 1.05. The van der Waals surface area contributed by atoms with Crippen LogP contribution in [0.15, 0.2) is 60.7 Å². The van der Waals surface area contributed by atoms with Crippen LogP contribution in [-0.2, 0) is 30.3 Å². The smallest absolute Gasteiger partial charge is 0.263 e. The van der Waals surface area contributed by atoms with E-state index in [0.29, 0.717) is 12.4 Å². The molecule has 3 aliphatic heterocycles. The average Bonchev–Trinajstić information content (AvgIpc) is 3.21. The zero-order chi connectivity index (χ0) is 20.7. The first-order chi connectivity index (χ1) is 14.5. The van der Waals surface area contributed by atoms with E-state index in [1.165, 1.54) is 0 Å². The van der Waals surface area contributed by atoms with Crippen molar-refractivity contribution in [1.82, 2.24) is 5.32 Å². The summed E-state index contributed by atoms with van der Waals surface area (Å²) in [6.07, 6.45) is -2.47. The molecule has 1 N–H and O–H groups in total. The third-order valence-corrected chi connectivity index (χ3v) is 5.57. The van der Waals surface area contributed by atoms with Gasteiger partial charge in [-0.3, -0.25) is 4.79 Å². The minimum absolute atomic E-state index is 0.173. The molecule has 0 bridgehead atoms. The first-order valence-electron chi connectivity index (χ1n) is 10.2. The van der Waals surface area contributed by atoms with E-state index in [9.17, 15) is 4.79 Å². The van der Waals surface area contributed by atoms with Crippen LogP contribution in [-0.4, -0.2) is 48.4 Å². The fraction of sp³-hybridized carbons (Fsp3) is 0.435. The van der Waals surface area contributed by atoms with Crippen molar-refractivity contribution >= 4 is 5.91 Å². The Labute approximate surface area is 175 Å². The van der Waals surface area contributed by atoms with E-state index in [4.69, 9.17) is 23.7 Å². The number of hydrogen-bond donors (Lipinski definition) is 1. The third kappa shape index (κ3) is 3.70. The highest BCUT2D eigenvalue weighted by Gasteiger charge is 2.61. The van der Waals surface area contributed by atoms with Gasteiger partial charge in [-0.05, 0) is 31.5 Å². The van der Waals surface area contributed by atoms with Crippen LogP contribution in [0.25, 0.3) is 0 Å². The molecule has 0 aromatic heterocycles. The normalized spacial score (nSPS) is 34.1. The zero-order valence-electron chi connectivity index (χ0n) is 16.9. The van der Waals surface area contributed by atoms with Crippen LogP contribution in [0.2, 0.25) is 0 Å². The fourth-order valence-electron chi connectivity index (χ4n) is 4.17. The molecule has 2 aromatic carbocycles. The minimum Gasteiger partial charge on any atom is -0.478 e. The first kappa shape index (κ1) is 19.5. The quantitative estimate of drug-likeness (QED) is 0.736. The number of fused-ring (bicyclic) bond motifs is 1. The van der Waals surface area contributed by atoms with Crippen LogP contribution in [0.1, 0.15) is 19.4 Å². The summed E-state index contributed by atoms with van der Waals surface area (Å²) in [5.74, 6) is -0.290. The highest BCUT2D eigenvalue weighted by molar-refractivity contribution is 5.89. The molecule has 5 rings (SSSR count). The second-order valence-corrected chi connectivity index (χ2v) is 8.22. The van der Waals surface area contributed by atoms with Crippen molar-refractivity contribution in [3.8, 4) is 5.75 Å². The van der Waals surface area contributed by atoms with Gasteiger partial charge in [-0.25, -0.2) is 0 Å². The van der Waals surface area contributed by atoms with Crippen molar-refractivity contribution < 1.29 is 28.5 Å². The van der Waals surface area contributed by atoms with Gasteiger partial charge in [0, 0.05) is 0 Å². The molecule has 1 amide bonds. The summed E-state index contributed by atoms with van der Waals surface area (Å²) in [5, 5.41) is 2.91. The largest absolute Gasteiger partial charge is 0.478 e. The molecule has 0 spiro atoms. The Balaban J connectivity index is 1.34. The van der Waals surface area contributed by atoms with Crippen LogP contribution in [0, 0.1) is 0 Å². The summed E-state index contributed by atoms with van der Waals surface area (Å²) < 4.78 is 30.4. The molecular weight excluding hydrogens is 386 g/mol. The topological polar surface area (TPSA) is 75.3 Å². The van der Waals surface area contributed by atoms with Crippen LogP contribution >= 0.6 is 0 Å². The molecule has 3 heterocycles. The lowest BCUT2D eigenvalue weighted by molar-refractivity contribution is -0.228. The van der Waals surface area contributed by atoms with E-state index >= 15 is 0 Å². The number of benzene rings is 2. The molecule has 3 fully saturated rings. The van der Waals surface area contributed by atoms with E-state index in [1.807, 2.05) is 74.5 Å². The van der Waals surface area contributed by atoms with Gasteiger partial charge in [0.1, 0.15) is 30.1 Å². The number of amides is 1. The number of carbonyl (C=O) groups is 1. The molecule has 7 nitrogen and oxygen atoms in total. The summed E-state index contributed by atoms with van der Waals surface area (Å²) in [4.78, 5) is 12.2. The maximum absolute atomic E-state index is 12.2. The summed E-state index contributed by atoms with van der Waals surface area (Å²) in [6.45, 7) is 4.11. The lowest BCUT2D eigenvalue weighted by Crippen LogP contribution is -2.71. The Bertz CT molecular complexity index is 889. The van der Waals surface area contributed by atoms with Crippen molar-refractivity contribution in [3.05, 3.63) is 66.2 Å². The molecular formula is C23H25NO6. The molecule has 0 unspecified atom stereocenters. The monoisotopic (exact) mass is 411 g/mol. The van der Waals surface area contributed by atoms with Gasteiger partial charge in [-0.1, -0.05) is 48.5 Å². The third-order valence-electron chi connectivity index (χ3n) is 5.57. The SMILES string of the molecule is CC1(C)O[C@@H]2O[C@H]([C@@H]3NC(=O)[C@@H]3Oc3ccccc3)[C@H](OCc3ccccc3)[C@H]2O1. The van der Waals surface area contributed by atoms with Gasteiger partial charge < -0.3 is 29.0 Å². The van der Waals surface area contributed by atoms with Crippen LogP contribution in [0.4, 0.5) is 0 Å². The summed E-state index contributed by atoms with van der Waals surface area (Å²) in [7, 11) is 0. The summed E-state index contributed by atoms with van der Waals surface area (Å²) >= 11 is 0. The van der Waals surface area contributed by atoms with Gasteiger partial charge in [-0.15, -0.1) is 0 Å². The molecule has 6 atom stereocenters. The number of hydrogen-bond acceptors (Lipinski definition) is 6. The Morgan fingerprint density at radius 2 is 1.67 bits per heavy atom.